The van der Waals surface area contributed by atoms with Gasteiger partial charge in [-0.2, -0.15) is 0 Å². The maximum absolute atomic E-state index is 10.7. The first kappa shape index (κ1) is 12.6. The first-order chi connectivity index (χ1) is 8.75. The van der Waals surface area contributed by atoms with Crippen LogP contribution in [0.4, 0.5) is 5.69 Å². The highest BCUT2D eigenvalue weighted by Gasteiger charge is 2.10. The number of para-hydroxylation sites is 1. The summed E-state index contributed by atoms with van der Waals surface area (Å²) in [6.07, 6.45) is 1.89. The van der Waals surface area contributed by atoms with Crippen LogP contribution in [0.25, 0.3) is 0 Å². The highest BCUT2D eigenvalue weighted by molar-refractivity contribution is 7.09. The molecule has 1 heterocycles. The third-order valence-electron chi connectivity index (χ3n) is 2.53. The summed E-state index contributed by atoms with van der Waals surface area (Å²) in [6.45, 7) is 1.13. The summed E-state index contributed by atoms with van der Waals surface area (Å²) in [5, 5.41) is 11.7. The zero-order valence-electron chi connectivity index (χ0n) is 9.82. The molecule has 4 nitrogen and oxygen atoms in total. The lowest BCUT2D eigenvalue weighted by Crippen LogP contribution is -2.25. The number of carboxylic acids is 1. The van der Waals surface area contributed by atoms with Gasteiger partial charge in [-0.25, -0.2) is 4.98 Å². The smallest absolute Gasteiger partial charge is 0.305 e. The average Bonchev–Trinajstić information content (AvgIpc) is 2.88. The monoisotopic (exact) mass is 262 g/mol. The molecule has 0 saturated carbocycles. The fourth-order valence-electron chi connectivity index (χ4n) is 1.66. The molecule has 94 valence electrons. The minimum atomic E-state index is -0.782. The molecule has 5 heteroatoms. The summed E-state index contributed by atoms with van der Waals surface area (Å²) < 4.78 is 0. The van der Waals surface area contributed by atoms with Crippen molar-refractivity contribution in [2.24, 2.45) is 0 Å². The summed E-state index contributed by atoms with van der Waals surface area (Å²) in [7, 11) is 0. The first-order valence-electron chi connectivity index (χ1n) is 5.66. The number of thiazole rings is 1. The highest BCUT2D eigenvalue weighted by atomic mass is 32.1. The van der Waals surface area contributed by atoms with Crippen molar-refractivity contribution in [2.45, 2.75) is 13.0 Å². The van der Waals surface area contributed by atoms with E-state index in [2.05, 4.69) is 4.98 Å². The molecule has 0 bridgehead atoms. The number of nitrogens with zero attached hydrogens (tertiary/aromatic N) is 2. The SMILES string of the molecule is O=C(O)CCN(Cc1nccs1)c1ccccc1. The van der Waals surface area contributed by atoms with Crippen LogP contribution in [0, 0.1) is 0 Å². The van der Waals surface area contributed by atoms with E-state index in [-0.39, 0.29) is 6.42 Å². The van der Waals surface area contributed by atoms with E-state index in [0.717, 1.165) is 10.7 Å². The van der Waals surface area contributed by atoms with Gasteiger partial charge in [0.25, 0.3) is 0 Å². The number of anilines is 1. The van der Waals surface area contributed by atoms with Crippen molar-refractivity contribution in [3.63, 3.8) is 0 Å². The topological polar surface area (TPSA) is 53.4 Å². The Balaban J connectivity index is 2.10. The molecule has 0 spiro atoms. The minimum Gasteiger partial charge on any atom is -0.481 e. The predicted octanol–water partition coefficient (Wildman–Crippen LogP) is 2.62. The van der Waals surface area contributed by atoms with E-state index in [1.54, 1.807) is 17.5 Å². The van der Waals surface area contributed by atoms with Gasteiger partial charge in [0.2, 0.25) is 0 Å². The van der Waals surface area contributed by atoms with E-state index in [1.165, 1.54) is 0 Å². The Kier molecular flexibility index (Phi) is 4.30. The summed E-state index contributed by atoms with van der Waals surface area (Å²) >= 11 is 1.58. The lowest BCUT2D eigenvalue weighted by atomic mass is 10.2. The van der Waals surface area contributed by atoms with E-state index < -0.39 is 5.97 Å². The van der Waals surface area contributed by atoms with Crippen LogP contribution in [0.2, 0.25) is 0 Å². The predicted molar refractivity (Wildman–Crippen MR) is 71.9 cm³/mol. The van der Waals surface area contributed by atoms with E-state index in [0.29, 0.717) is 13.1 Å². The third-order valence-corrected chi connectivity index (χ3v) is 3.29. The van der Waals surface area contributed by atoms with Gasteiger partial charge < -0.3 is 10.0 Å². The van der Waals surface area contributed by atoms with Gasteiger partial charge in [-0.15, -0.1) is 11.3 Å². The molecule has 0 fully saturated rings. The summed E-state index contributed by atoms with van der Waals surface area (Å²) in [4.78, 5) is 17.0. The number of hydrogen-bond donors (Lipinski definition) is 1. The second-order valence-corrected chi connectivity index (χ2v) is 4.81. The third kappa shape index (κ3) is 3.56. The van der Waals surface area contributed by atoms with Crippen LogP contribution in [-0.2, 0) is 11.3 Å². The van der Waals surface area contributed by atoms with Gasteiger partial charge >= 0.3 is 5.97 Å². The summed E-state index contributed by atoms with van der Waals surface area (Å²) in [6, 6.07) is 9.81. The van der Waals surface area contributed by atoms with Gasteiger partial charge in [-0.1, -0.05) is 18.2 Å². The van der Waals surface area contributed by atoms with Crippen molar-refractivity contribution in [3.8, 4) is 0 Å². The van der Waals surface area contributed by atoms with Gasteiger partial charge in [-0.3, -0.25) is 4.79 Å². The molecule has 0 radical (unpaired) electrons. The molecule has 0 aliphatic carbocycles. The Morgan fingerprint density at radius 1 is 1.33 bits per heavy atom. The molecular formula is C13H14N2O2S. The zero-order chi connectivity index (χ0) is 12.8. The Morgan fingerprint density at radius 2 is 2.11 bits per heavy atom. The Bertz CT molecular complexity index is 485. The van der Waals surface area contributed by atoms with Crippen LogP contribution < -0.4 is 4.90 Å². The number of aliphatic carboxylic acids is 1. The van der Waals surface area contributed by atoms with Gasteiger partial charge in [0.15, 0.2) is 0 Å². The van der Waals surface area contributed by atoms with Crippen LogP contribution in [0.3, 0.4) is 0 Å². The van der Waals surface area contributed by atoms with Crippen molar-refractivity contribution >= 4 is 23.0 Å². The highest BCUT2D eigenvalue weighted by Crippen LogP contribution is 2.18. The molecule has 2 aromatic rings. The molecule has 1 aromatic carbocycles. The Labute approximate surface area is 110 Å². The summed E-state index contributed by atoms with van der Waals surface area (Å²) in [5.41, 5.74) is 1.02. The largest absolute Gasteiger partial charge is 0.481 e. The van der Waals surface area contributed by atoms with Gasteiger partial charge in [0, 0.05) is 23.8 Å². The molecule has 1 aromatic heterocycles. The van der Waals surface area contributed by atoms with Gasteiger partial charge in [0.05, 0.1) is 13.0 Å². The number of hydrogen-bond acceptors (Lipinski definition) is 4. The normalized spacial score (nSPS) is 10.2. The number of benzene rings is 1. The molecule has 0 aliphatic heterocycles. The van der Waals surface area contributed by atoms with Crippen LogP contribution in [0.15, 0.2) is 41.9 Å². The molecular weight excluding hydrogens is 248 g/mol. The Hall–Kier alpha value is -1.88. The van der Waals surface area contributed by atoms with E-state index in [9.17, 15) is 4.79 Å². The van der Waals surface area contributed by atoms with Gasteiger partial charge in [-0.05, 0) is 12.1 Å². The molecule has 0 saturated heterocycles. The number of carboxylic acid groups (broad SMARTS) is 1. The lowest BCUT2D eigenvalue weighted by Gasteiger charge is -2.23. The van der Waals surface area contributed by atoms with Crippen molar-refractivity contribution < 1.29 is 9.90 Å². The van der Waals surface area contributed by atoms with Crippen molar-refractivity contribution in [1.82, 2.24) is 4.98 Å². The molecule has 0 amide bonds. The average molecular weight is 262 g/mol. The van der Waals surface area contributed by atoms with Gasteiger partial charge in [0.1, 0.15) is 5.01 Å². The van der Waals surface area contributed by atoms with Crippen LogP contribution >= 0.6 is 11.3 Å². The molecule has 2 rings (SSSR count). The lowest BCUT2D eigenvalue weighted by molar-refractivity contribution is -0.136. The Morgan fingerprint density at radius 3 is 2.72 bits per heavy atom. The fraction of sp³-hybridized carbons (Fsp3) is 0.231. The molecule has 18 heavy (non-hydrogen) atoms. The molecule has 0 aliphatic rings. The van der Waals surface area contributed by atoms with E-state index >= 15 is 0 Å². The standard InChI is InChI=1S/C13H14N2O2S/c16-13(17)6-8-15(10-12-14-7-9-18-12)11-4-2-1-3-5-11/h1-5,7,9H,6,8,10H2,(H,16,17). The second-order valence-electron chi connectivity index (χ2n) is 3.83. The van der Waals surface area contributed by atoms with Crippen LogP contribution in [0.1, 0.15) is 11.4 Å². The maximum Gasteiger partial charge on any atom is 0.305 e. The molecule has 0 atom stereocenters. The number of carbonyl (C=O) groups is 1. The van der Waals surface area contributed by atoms with E-state index in [4.69, 9.17) is 5.11 Å². The first-order valence-corrected chi connectivity index (χ1v) is 6.54. The minimum absolute atomic E-state index is 0.125. The molecule has 0 unspecified atom stereocenters. The maximum atomic E-state index is 10.7. The van der Waals surface area contributed by atoms with Crippen molar-refractivity contribution in [2.75, 3.05) is 11.4 Å². The number of rotatable bonds is 6. The number of aromatic nitrogens is 1. The summed E-state index contributed by atoms with van der Waals surface area (Å²) in [5.74, 6) is -0.782. The van der Waals surface area contributed by atoms with Crippen molar-refractivity contribution in [3.05, 3.63) is 46.9 Å². The second kappa shape index (κ2) is 6.16. The van der Waals surface area contributed by atoms with E-state index in [1.807, 2.05) is 40.6 Å². The quantitative estimate of drug-likeness (QED) is 0.869. The zero-order valence-corrected chi connectivity index (χ0v) is 10.6. The fourth-order valence-corrected chi connectivity index (χ4v) is 2.29. The van der Waals surface area contributed by atoms with Crippen LogP contribution in [0.5, 0.6) is 0 Å². The van der Waals surface area contributed by atoms with Crippen LogP contribution in [-0.4, -0.2) is 22.6 Å². The van der Waals surface area contributed by atoms with Crippen molar-refractivity contribution in [1.29, 1.82) is 0 Å². The molecule has 1 N–H and O–H groups in total.